The summed E-state index contributed by atoms with van der Waals surface area (Å²) >= 11 is 0. The molecule has 0 radical (unpaired) electrons. The second kappa shape index (κ2) is 10.8. The summed E-state index contributed by atoms with van der Waals surface area (Å²) in [7, 11) is 1.53. The summed E-state index contributed by atoms with van der Waals surface area (Å²) in [6.07, 6.45) is 4.44. The average molecular weight is 445 g/mol. The van der Waals surface area contributed by atoms with Crippen LogP contribution in [-0.2, 0) is 4.79 Å². The molecule has 33 heavy (non-hydrogen) atoms. The van der Waals surface area contributed by atoms with Crippen molar-refractivity contribution >= 4 is 17.4 Å². The number of hydrogen-bond acceptors (Lipinski definition) is 6. The maximum absolute atomic E-state index is 12.8. The number of ether oxygens (including phenoxy) is 1. The molecule has 0 fully saturated rings. The lowest BCUT2D eigenvalue weighted by atomic mass is 9.97. The highest BCUT2D eigenvalue weighted by Gasteiger charge is 2.23. The van der Waals surface area contributed by atoms with Gasteiger partial charge in [-0.15, -0.1) is 0 Å². The standard InChI is InChI=1S/C25H24N4O4/c1-33-18-10-8-16(9-11-18)24(31)14-21(27)25(32)29-22(19-6-2-3-7-23(19)30)13-20(26)17-5-4-12-28-15-17/h2-12,14-15,22,26,30H,13,27H2,1H3,(H,29,32)/p+1. The number of allylic oxidation sites excluding steroid dienone is 1. The highest BCUT2D eigenvalue weighted by Crippen LogP contribution is 2.27. The monoisotopic (exact) mass is 445 g/mol. The van der Waals surface area contributed by atoms with Crippen LogP contribution in [-0.4, -0.2) is 34.6 Å². The van der Waals surface area contributed by atoms with Crippen LogP contribution in [0.25, 0.3) is 0 Å². The lowest BCUT2D eigenvalue weighted by molar-refractivity contribution is -0.298. The predicted octanol–water partition coefficient (Wildman–Crippen LogP) is 2.42. The van der Waals surface area contributed by atoms with Crippen molar-refractivity contribution in [3.63, 3.8) is 0 Å². The maximum Gasteiger partial charge on any atom is 0.305 e. The molecule has 8 heteroatoms. The lowest BCUT2D eigenvalue weighted by Gasteiger charge is -2.20. The van der Waals surface area contributed by atoms with Gasteiger partial charge in [0, 0.05) is 41.2 Å². The molecule has 0 aliphatic heterocycles. The zero-order valence-electron chi connectivity index (χ0n) is 18.1. The Bertz CT molecular complexity index is 1170. The highest BCUT2D eigenvalue weighted by atomic mass is 16.5. The van der Waals surface area contributed by atoms with Crippen LogP contribution < -0.4 is 15.8 Å². The van der Waals surface area contributed by atoms with Gasteiger partial charge in [0.1, 0.15) is 11.5 Å². The van der Waals surface area contributed by atoms with Gasteiger partial charge in [-0.25, -0.2) is 0 Å². The summed E-state index contributed by atoms with van der Waals surface area (Å²) in [6.45, 7) is 0. The number of rotatable bonds is 9. The molecule has 0 bridgehead atoms. The van der Waals surface area contributed by atoms with Crippen molar-refractivity contribution in [3.8, 4) is 11.5 Å². The van der Waals surface area contributed by atoms with E-state index >= 15 is 0 Å². The summed E-state index contributed by atoms with van der Waals surface area (Å²) in [4.78, 5) is 29.4. The van der Waals surface area contributed by atoms with Gasteiger partial charge in [0.15, 0.2) is 11.5 Å². The molecular weight excluding hydrogens is 420 g/mol. The minimum Gasteiger partial charge on any atom is -0.508 e. The zero-order valence-corrected chi connectivity index (χ0v) is 18.1. The molecule has 2 aromatic carbocycles. The molecule has 0 spiro atoms. The number of phenolic OH excluding ortho intramolecular Hbond substituents is 1. The SMILES string of the molecule is COc1ccc(C(=O)C=C([NH3+])C(=O)NC(CC(=N)c2cccnc2)c2ccccc2O)cc1. The van der Waals surface area contributed by atoms with E-state index in [9.17, 15) is 14.7 Å². The van der Waals surface area contributed by atoms with Gasteiger partial charge >= 0.3 is 5.91 Å². The highest BCUT2D eigenvalue weighted by molar-refractivity contribution is 6.08. The van der Waals surface area contributed by atoms with Gasteiger partial charge in [-0.2, -0.15) is 0 Å². The number of aromatic hydroxyl groups is 1. The van der Waals surface area contributed by atoms with Crippen LogP contribution in [0.4, 0.5) is 0 Å². The number of methoxy groups -OCH3 is 1. The first kappa shape index (κ1) is 23.4. The van der Waals surface area contributed by atoms with Crippen molar-refractivity contribution < 1.29 is 25.2 Å². The molecule has 1 amide bonds. The predicted molar refractivity (Wildman–Crippen MR) is 123 cm³/mol. The Kier molecular flexibility index (Phi) is 7.67. The molecule has 1 atom stereocenters. The number of amides is 1. The quantitative estimate of drug-likeness (QED) is 0.227. The molecule has 3 rings (SSSR count). The molecule has 0 aliphatic rings. The molecule has 0 saturated carbocycles. The van der Waals surface area contributed by atoms with Gasteiger partial charge in [-0.1, -0.05) is 24.3 Å². The average Bonchev–Trinajstić information content (AvgIpc) is 2.84. The molecule has 1 heterocycles. The van der Waals surface area contributed by atoms with Crippen molar-refractivity contribution in [2.45, 2.75) is 12.5 Å². The number of benzene rings is 2. The van der Waals surface area contributed by atoms with Gasteiger partial charge in [-0.05, 0) is 36.4 Å². The van der Waals surface area contributed by atoms with Gasteiger partial charge < -0.3 is 26.3 Å². The van der Waals surface area contributed by atoms with E-state index in [2.05, 4.69) is 16.0 Å². The third kappa shape index (κ3) is 6.11. The Morgan fingerprint density at radius 1 is 1.12 bits per heavy atom. The second-order valence-corrected chi connectivity index (χ2v) is 7.27. The molecule has 6 N–H and O–H groups in total. The molecule has 0 saturated heterocycles. The first-order valence-corrected chi connectivity index (χ1v) is 10.2. The minimum atomic E-state index is -0.715. The third-order valence-electron chi connectivity index (χ3n) is 5.01. The van der Waals surface area contributed by atoms with Crippen molar-refractivity contribution in [3.05, 3.63) is 102 Å². The number of hydrogen-bond donors (Lipinski definition) is 4. The van der Waals surface area contributed by atoms with E-state index in [1.807, 2.05) is 0 Å². The Balaban J connectivity index is 1.80. The van der Waals surface area contributed by atoms with Crippen LogP contribution in [0, 0.1) is 5.41 Å². The molecule has 3 aromatic rings. The van der Waals surface area contributed by atoms with Gasteiger partial charge in [0.2, 0.25) is 0 Å². The Labute approximate surface area is 191 Å². The topological polar surface area (TPSA) is 140 Å². The number of pyridine rings is 1. The smallest absolute Gasteiger partial charge is 0.305 e. The largest absolute Gasteiger partial charge is 0.508 e. The number of para-hydroxylation sites is 1. The second-order valence-electron chi connectivity index (χ2n) is 7.27. The van der Waals surface area contributed by atoms with E-state index in [1.165, 1.54) is 13.2 Å². The number of carbonyl (C=O) groups is 2. The van der Waals surface area contributed by atoms with E-state index in [0.29, 0.717) is 22.4 Å². The molecule has 1 unspecified atom stereocenters. The molecule has 1 aromatic heterocycles. The van der Waals surface area contributed by atoms with Crippen molar-refractivity contribution in [2.75, 3.05) is 7.11 Å². The van der Waals surface area contributed by atoms with E-state index in [1.54, 1.807) is 67.0 Å². The Hall–Kier alpha value is -4.30. The molecule has 168 valence electrons. The van der Waals surface area contributed by atoms with Crippen molar-refractivity contribution in [1.29, 1.82) is 5.41 Å². The lowest BCUT2D eigenvalue weighted by Crippen LogP contribution is -2.55. The van der Waals surface area contributed by atoms with Crippen LogP contribution >= 0.6 is 0 Å². The van der Waals surface area contributed by atoms with Crippen LogP contribution in [0.3, 0.4) is 0 Å². The third-order valence-corrected chi connectivity index (χ3v) is 5.01. The van der Waals surface area contributed by atoms with E-state index < -0.39 is 11.9 Å². The van der Waals surface area contributed by atoms with Gasteiger partial charge in [-0.3, -0.25) is 14.6 Å². The van der Waals surface area contributed by atoms with Crippen LogP contribution in [0.5, 0.6) is 11.5 Å². The number of ketones is 1. The number of aromatic nitrogens is 1. The fourth-order valence-electron chi connectivity index (χ4n) is 3.20. The summed E-state index contributed by atoms with van der Waals surface area (Å²) in [5.74, 6) is -0.348. The number of phenols is 1. The normalized spacial score (nSPS) is 12.0. The van der Waals surface area contributed by atoms with E-state index in [-0.39, 0.29) is 29.4 Å². The van der Waals surface area contributed by atoms with Gasteiger partial charge in [0.25, 0.3) is 0 Å². The summed E-state index contributed by atoms with van der Waals surface area (Å²) in [5, 5.41) is 21.5. The Morgan fingerprint density at radius 2 is 1.85 bits per heavy atom. The first-order chi connectivity index (χ1) is 15.9. The number of nitrogens with zero attached hydrogens (tertiary/aromatic N) is 1. The van der Waals surface area contributed by atoms with E-state index in [4.69, 9.17) is 10.1 Å². The fourth-order valence-corrected chi connectivity index (χ4v) is 3.20. The van der Waals surface area contributed by atoms with Crippen molar-refractivity contribution in [1.82, 2.24) is 10.3 Å². The first-order valence-electron chi connectivity index (χ1n) is 10.2. The van der Waals surface area contributed by atoms with Crippen LogP contribution in [0.2, 0.25) is 0 Å². The van der Waals surface area contributed by atoms with Crippen LogP contribution in [0.15, 0.2) is 84.8 Å². The summed E-state index contributed by atoms with van der Waals surface area (Å²) in [6, 6.07) is 15.9. The number of nitrogens with one attached hydrogen (secondary N) is 2. The maximum atomic E-state index is 12.8. The Morgan fingerprint density at radius 3 is 2.48 bits per heavy atom. The number of quaternary nitrogens is 1. The fraction of sp³-hybridized carbons (Fsp3) is 0.120. The van der Waals surface area contributed by atoms with E-state index in [0.717, 1.165) is 6.08 Å². The molecule has 0 aliphatic carbocycles. The summed E-state index contributed by atoms with van der Waals surface area (Å²) < 4.78 is 5.08. The zero-order chi connectivity index (χ0) is 23.8. The van der Waals surface area contributed by atoms with Crippen molar-refractivity contribution in [2.24, 2.45) is 0 Å². The summed E-state index contributed by atoms with van der Waals surface area (Å²) in [5.41, 5.74) is 5.37. The molecule has 8 nitrogen and oxygen atoms in total. The van der Waals surface area contributed by atoms with Gasteiger partial charge in [0.05, 0.1) is 19.2 Å². The minimum absolute atomic E-state index is 0.00862. The number of carbonyl (C=O) groups excluding carboxylic acids is 2. The van der Waals surface area contributed by atoms with Crippen LogP contribution in [0.1, 0.15) is 33.9 Å². The molecular formula is C25H25N4O4+.